The van der Waals surface area contributed by atoms with Crippen LogP contribution in [0, 0.1) is 0 Å². The van der Waals surface area contributed by atoms with E-state index >= 15 is 0 Å². The molecule has 0 rings (SSSR count). The number of aliphatic hydroxyl groups excluding tert-OH is 2. The van der Waals surface area contributed by atoms with Crippen molar-refractivity contribution in [2.24, 2.45) is 0 Å². The van der Waals surface area contributed by atoms with Gasteiger partial charge in [-0.05, 0) is 276 Å². The Morgan fingerprint density at radius 2 is 0.368 bits per heavy atom. The van der Waals surface area contributed by atoms with Crippen molar-refractivity contribution in [1.82, 2.24) is 0 Å². The fourth-order valence-electron chi connectivity index (χ4n) is 10.0. The highest BCUT2D eigenvalue weighted by molar-refractivity contribution is 4.86. The third-order valence-electron chi connectivity index (χ3n) is 15.2. The summed E-state index contributed by atoms with van der Waals surface area (Å²) in [6.07, 6.45) is 15.3. The van der Waals surface area contributed by atoms with Crippen LogP contribution in [0.2, 0.25) is 0 Å². The lowest BCUT2D eigenvalue weighted by atomic mass is 9.83. The van der Waals surface area contributed by atoms with Gasteiger partial charge < -0.3 is 66.4 Å². The van der Waals surface area contributed by atoms with Gasteiger partial charge in [-0.3, -0.25) is 0 Å². The lowest BCUT2D eigenvalue weighted by Gasteiger charge is -2.31. The van der Waals surface area contributed by atoms with Crippen molar-refractivity contribution in [2.45, 2.75) is 343 Å². The van der Waals surface area contributed by atoms with Crippen molar-refractivity contribution >= 4 is 0 Å². The largest absolute Gasteiger partial charge is 0.394 e. The molecule has 410 valence electrons. The van der Waals surface area contributed by atoms with Crippen molar-refractivity contribution in [3.8, 4) is 0 Å². The standard InChI is InChI=1S/C55H112O13/c1-45(2,58)23-13-24-46(3,59)25-14-26-47(4,60)27-15-28-48(5,61)29-16-30-49(6,62)31-17-32-50(7,63)33-18-34-51(8,64)35-19-36-52(9,65)37-20-38-53(10,66)39-21-40-54(11,67)41-22-42-55(12,68)44(57)43-56/h44,56-68H,13-43H2,1-12H3. The highest BCUT2D eigenvalue weighted by atomic mass is 16.4. The first kappa shape index (κ1) is 67.5. The minimum Gasteiger partial charge on any atom is -0.394 e. The van der Waals surface area contributed by atoms with Crippen LogP contribution in [0.1, 0.15) is 276 Å². The predicted octanol–water partition coefficient (Wildman–Crippen LogP) is 8.32. The minimum absolute atomic E-state index is 0.243. The Hall–Kier alpha value is -0.520. The Morgan fingerprint density at radius 3 is 0.500 bits per heavy atom. The van der Waals surface area contributed by atoms with Gasteiger partial charge in [0.2, 0.25) is 0 Å². The molecule has 0 aliphatic heterocycles. The molecule has 13 N–H and O–H groups in total. The average Bonchev–Trinajstić information content (AvgIpc) is 3.12. The van der Waals surface area contributed by atoms with Gasteiger partial charge in [0.05, 0.1) is 68.2 Å². The summed E-state index contributed by atoms with van der Waals surface area (Å²) in [5, 5.41) is 138. The van der Waals surface area contributed by atoms with Crippen LogP contribution < -0.4 is 0 Å². The molecule has 68 heavy (non-hydrogen) atoms. The molecular formula is C55H112O13. The fourth-order valence-corrected chi connectivity index (χ4v) is 10.0. The Morgan fingerprint density at radius 1 is 0.235 bits per heavy atom. The molecule has 0 amide bonds. The van der Waals surface area contributed by atoms with Gasteiger partial charge in [-0.2, -0.15) is 0 Å². The van der Waals surface area contributed by atoms with E-state index in [-0.39, 0.29) is 6.42 Å². The summed E-state index contributed by atoms with van der Waals surface area (Å²) < 4.78 is 0. The van der Waals surface area contributed by atoms with Crippen LogP contribution in [0.4, 0.5) is 0 Å². The Kier molecular flexibility index (Phi) is 28.6. The van der Waals surface area contributed by atoms with Gasteiger partial charge in [0.1, 0.15) is 6.10 Å². The minimum atomic E-state index is -1.43. The van der Waals surface area contributed by atoms with E-state index in [2.05, 4.69) is 0 Å². The molecule has 11 atom stereocenters. The summed E-state index contributed by atoms with van der Waals surface area (Å²) in [5.41, 5.74) is -10.5. The van der Waals surface area contributed by atoms with Crippen molar-refractivity contribution in [1.29, 1.82) is 0 Å². The zero-order chi connectivity index (χ0) is 53.0. The van der Waals surface area contributed by atoms with Gasteiger partial charge in [-0.15, -0.1) is 0 Å². The summed E-state index contributed by atoms with van der Waals surface area (Å²) in [6.45, 7) is 20.6. The fraction of sp³-hybridized carbons (Fsp3) is 1.00. The lowest BCUT2D eigenvalue weighted by Crippen LogP contribution is -2.42. The average molecular weight is 981 g/mol. The molecule has 0 radical (unpaired) electrons. The quantitative estimate of drug-likeness (QED) is 0.0275. The van der Waals surface area contributed by atoms with Crippen molar-refractivity contribution in [3.63, 3.8) is 0 Å². The maximum Gasteiger partial charge on any atom is 0.105 e. The van der Waals surface area contributed by atoms with E-state index in [9.17, 15) is 61.3 Å². The first-order chi connectivity index (χ1) is 30.6. The van der Waals surface area contributed by atoms with Gasteiger partial charge in [0.15, 0.2) is 0 Å². The number of hydrogen-bond acceptors (Lipinski definition) is 13. The van der Waals surface area contributed by atoms with Gasteiger partial charge in [-0.25, -0.2) is 0 Å². The SMILES string of the molecule is CC(C)(O)CCCC(C)(O)CCCC(C)(O)CCCC(C)(O)CCCC(C)(O)CCCC(C)(O)CCCC(C)(O)CCCC(C)(O)CCCC(C)(O)CCCC(C)(O)CCCC(C)(O)C(O)CO. The van der Waals surface area contributed by atoms with E-state index in [0.717, 1.165) is 6.42 Å². The molecule has 11 unspecified atom stereocenters. The molecule has 0 aliphatic carbocycles. The molecule has 0 aromatic heterocycles. The Labute approximate surface area is 415 Å². The highest BCUT2D eigenvalue weighted by Gasteiger charge is 2.33. The van der Waals surface area contributed by atoms with Gasteiger partial charge in [0, 0.05) is 0 Å². The smallest absolute Gasteiger partial charge is 0.105 e. The second-order valence-electron chi connectivity index (χ2n) is 25.9. The molecule has 0 aromatic rings. The highest BCUT2D eigenvalue weighted by Crippen LogP contribution is 2.34. The molecule has 13 heteroatoms. The lowest BCUT2D eigenvalue weighted by molar-refractivity contribution is -0.0908. The van der Waals surface area contributed by atoms with Gasteiger partial charge >= 0.3 is 0 Å². The second-order valence-corrected chi connectivity index (χ2v) is 25.9. The Bertz CT molecular complexity index is 1330. The number of hydrogen-bond donors (Lipinski definition) is 13. The third-order valence-corrected chi connectivity index (χ3v) is 15.2. The topological polar surface area (TPSA) is 263 Å². The molecule has 0 saturated carbocycles. The van der Waals surface area contributed by atoms with E-state index in [1.165, 1.54) is 6.92 Å². The zero-order valence-electron chi connectivity index (χ0n) is 45.8. The first-order valence-electron chi connectivity index (χ1n) is 26.8. The van der Waals surface area contributed by atoms with Crippen LogP contribution in [0.15, 0.2) is 0 Å². The van der Waals surface area contributed by atoms with Gasteiger partial charge in [0.25, 0.3) is 0 Å². The molecule has 13 nitrogen and oxygen atoms in total. The van der Waals surface area contributed by atoms with Crippen LogP contribution in [0.25, 0.3) is 0 Å². The second kappa shape index (κ2) is 28.8. The molecule has 0 spiro atoms. The molecule has 0 aromatic carbocycles. The molecule has 0 fully saturated rings. The Balaban J connectivity index is 4.46. The zero-order valence-corrected chi connectivity index (χ0v) is 45.8. The van der Waals surface area contributed by atoms with Crippen molar-refractivity contribution < 1.29 is 66.4 Å². The molecule has 0 saturated heterocycles. The van der Waals surface area contributed by atoms with E-state index < -0.39 is 74.3 Å². The molecule has 0 bridgehead atoms. The first-order valence-corrected chi connectivity index (χ1v) is 26.8. The van der Waals surface area contributed by atoms with Crippen molar-refractivity contribution in [3.05, 3.63) is 0 Å². The molecule has 0 aliphatic rings. The third kappa shape index (κ3) is 35.6. The summed E-state index contributed by atoms with van der Waals surface area (Å²) in [7, 11) is 0. The summed E-state index contributed by atoms with van der Waals surface area (Å²) in [4.78, 5) is 0. The number of rotatable bonds is 42. The van der Waals surface area contributed by atoms with E-state index in [1.807, 2.05) is 27.7 Å². The maximum atomic E-state index is 11.1. The van der Waals surface area contributed by atoms with E-state index in [0.29, 0.717) is 180 Å². The van der Waals surface area contributed by atoms with Crippen molar-refractivity contribution in [2.75, 3.05) is 6.61 Å². The van der Waals surface area contributed by atoms with Gasteiger partial charge in [-0.1, -0.05) is 0 Å². The summed E-state index contributed by atoms with van der Waals surface area (Å²) >= 11 is 0. The monoisotopic (exact) mass is 981 g/mol. The van der Waals surface area contributed by atoms with Crippen LogP contribution in [0.3, 0.4) is 0 Å². The molecular weight excluding hydrogens is 869 g/mol. The van der Waals surface area contributed by atoms with Crippen LogP contribution in [-0.2, 0) is 0 Å². The van der Waals surface area contributed by atoms with E-state index in [1.54, 1.807) is 48.5 Å². The molecule has 0 heterocycles. The number of aliphatic hydroxyl groups is 13. The maximum absolute atomic E-state index is 11.1. The predicted molar refractivity (Wildman–Crippen MR) is 274 cm³/mol. The van der Waals surface area contributed by atoms with Crippen LogP contribution >= 0.6 is 0 Å². The van der Waals surface area contributed by atoms with Crippen LogP contribution in [0.5, 0.6) is 0 Å². The van der Waals surface area contributed by atoms with Crippen LogP contribution in [-0.4, -0.2) is 141 Å². The summed E-state index contributed by atoms with van der Waals surface area (Å²) in [5.74, 6) is 0. The van der Waals surface area contributed by atoms with E-state index in [4.69, 9.17) is 5.11 Å². The summed E-state index contributed by atoms with van der Waals surface area (Å²) in [6, 6.07) is 0. The normalized spacial score (nSPS) is 22.2.